The molecule has 0 aliphatic rings. The van der Waals surface area contributed by atoms with E-state index in [2.05, 4.69) is 22.5 Å². The third-order valence-corrected chi connectivity index (χ3v) is 3.57. The first-order valence-corrected chi connectivity index (χ1v) is 8.48. The number of methoxy groups -OCH3 is 1. The van der Waals surface area contributed by atoms with Gasteiger partial charge in [-0.2, -0.15) is 0 Å². The van der Waals surface area contributed by atoms with Gasteiger partial charge in [-0.1, -0.05) is 13.3 Å². The number of benzene rings is 1. The first kappa shape index (κ1) is 18.6. The molecule has 134 valence electrons. The summed E-state index contributed by atoms with van der Waals surface area (Å²) in [6.45, 7) is 3.88. The molecule has 0 spiro atoms. The van der Waals surface area contributed by atoms with Crippen molar-refractivity contribution in [3.8, 4) is 11.5 Å². The number of anilines is 1. The van der Waals surface area contributed by atoms with Crippen LogP contribution in [0.15, 0.2) is 42.6 Å². The molecule has 0 radical (unpaired) electrons. The lowest BCUT2D eigenvalue weighted by Crippen LogP contribution is -2.25. The van der Waals surface area contributed by atoms with Gasteiger partial charge in [0.25, 0.3) is 5.91 Å². The number of nitrogens with one attached hydrogen (secondary N) is 2. The van der Waals surface area contributed by atoms with Crippen LogP contribution in [-0.4, -0.2) is 37.7 Å². The largest absolute Gasteiger partial charge is 0.497 e. The third kappa shape index (κ3) is 6.33. The second kappa shape index (κ2) is 10.2. The van der Waals surface area contributed by atoms with Crippen LogP contribution in [0.4, 0.5) is 5.69 Å². The molecule has 1 heterocycles. The minimum Gasteiger partial charge on any atom is -0.497 e. The van der Waals surface area contributed by atoms with Crippen LogP contribution in [0, 0.1) is 0 Å². The lowest BCUT2D eigenvalue weighted by Gasteiger charge is -2.10. The van der Waals surface area contributed by atoms with Crippen molar-refractivity contribution in [1.29, 1.82) is 0 Å². The zero-order valence-corrected chi connectivity index (χ0v) is 14.7. The number of carbonyl (C=O) groups excluding carboxylic acids is 1. The number of unbranched alkanes of at least 4 members (excludes halogenated alkanes) is 1. The van der Waals surface area contributed by atoms with Crippen molar-refractivity contribution in [2.45, 2.75) is 19.8 Å². The summed E-state index contributed by atoms with van der Waals surface area (Å²) in [4.78, 5) is 16.1. The van der Waals surface area contributed by atoms with E-state index in [-0.39, 0.29) is 5.91 Å². The van der Waals surface area contributed by atoms with Crippen LogP contribution < -0.4 is 20.1 Å². The lowest BCUT2D eigenvalue weighted by molar-refractivity contribution is 0.0948. The third-order valence-electron chi connectivity index (χ3n) is 3.57. The number of nitrogens with zero attached hydrogens (tertiary/aromatic N) is 1. The van der Waals surface area contributed by atoms with Gasteiger partial charge in [-0.05, 0) is 42.8 Å². The number of amides is 1. The highest BCUT2D eigenvalue weighted by Gasteiger charge is 2.07. The van der Waals surface area contributed by atoms with Crippen LogP contribution in [0.5, 0.6) is 11.5 Å². The van der Waals surface area contributed by atoms with Crippen molar-refractivity contribution in [2.75, 3.05) is 32.1 Å². The van der Waals surface area contributed by atoms with Gasteiger partial charge in [0.15, 0.2) is 0 Å². The monoisotopic (exact) mass is 343 g/mol. The highest BCUT2D eigenvalue weighted by atomic mass is 16.5. The lowest BCUT2D eigenvalue weighted by atomic mass is 10.3. The Bertz CT molecular complexity index is 659. The Balaban J connectivity index is 1.76. The Labute approximate surface area is 148 Å². The zero-order valence-electron chi connectivity index (χ0n) is 14.7. The molecule has 6 nitrogen and oxygen atoms in total. The van der Waals surface area contributed by atoms with Gasteiger partial charge >= 0.3 is 0 Å². The molecule has 1 amide bonds. The summed E-state index contributed by atoms with van der Waals surface area (Å²) in [5.74, 6) is 1.44. The zero-order chi connectivity index (χ0) is 17.9. The van der Waals surface area contributed by atoms with Gasteiger partial charge in [0.2, 0.25) is 0 Å². The van der Waals surface area contributed by atoms with Gasteiger partial charge < -0.3 is 20.1 Å². The van der Waals surface area contributed by atoms with E-state index in [1.807, 2.05) is 30.3 Å². The van der Waals surface area contributed by atoms with E-state index in [4.69, 9.17) is 9.47 Å². The Morgan fingerprint density at radius 2 is 1.88 bits per heavy atom. The highest BCUT2D eigenvalue weighted by molar-refractivity contribution is 5.93. The summed E-state index contributed by atoms with van der Waals surface area (Å²) in [6, 6.07) is 11.0. The number of carbonyl (C=O) groups is 1. The average Bonchev–Trinajstić information content (AvgIpc) is 2.66. The minimum absolute atomic E-state index is 0.147. The molecule has 0 saturated heterocycles. The highest BCUT2D eigenvalue weighted by Crippen LogP contribution is 2.16. The first-order valence-electron chi connectivity index (χ1n) is 8.48. The summed E-state index contributed by atoms with van der Waals surface area (Å²) >= 11 is 0. The van der Waals surface area contributed by atoms with Crippen molar-refractivity contribution in [2.24, 2.45) is 0 Å². The molecule has 0 bridgehead atoms. The summed E-state index contributed by atoms with van der Waals surface area (Å²) in [6.07, 6.45) is 3.64. The predicted molar refractivity (Wildman–Crippen MR) is 98.5 cm³/mol. The number of rotatable bonds is 10. The van der Waals surface area contributed by atoms with E-state index in [0.29, 0.717) is 25.4 Å². The first-order chi connectivity index (χ1) is 12.2. The van der Waals surface area contributed by atoms with Crippen LogP contribution >= 0.6 is 0 Å². The summed E-state index contributed by atoms with van der Waals surface area (Å²) in [7, 11) is 1.63. The summed E-state index contributed by atoms with van der Waals surface area (Å²) in [5, 5.41) is 6.09. The summed E-state index contributed by atoms with van der Waals surface area (Å²) in [5.41, 5.74) is 1.26. The molecule has 6 heteroatoms. The van der Waals surface area contributed by atoms with Gasteiger partial charge in [0.1, 0.15) is 23.8 Å². The van der Waals surface area contributed by atoms with Gasteiger partial charge in [0.05, 0.1) is 7.11 Å². The Kier molecular flexibility index (Phi) is 7.56. The molecule has 0 aliphatic heterocycles. The fraction of sp³-hybridized carbons (Fsp3) is 0.368. The number of ether oxygens (including phenoxy) is 2. The molecular formula is C19H25N3O3. The van der Waals surface area contributed by atoms with Crippen molar-refractivity contribution in [1.82, 2.24) is 10.3 Å². The maximum atomic E-state index is 12.0. The smallest absolute Gasteiger partial charge is 0.269 e. The molecule has 0 fully saturated rings. The molecule has 0 unspecified atom stereocenters. The predicted octanol–water partition coefficient (Wildman–Crippen LogP) is 3.11. The van der Waals surface area contributed by atoms with Crippen molar-refractivity contribution < 1.29 is 14.3 Å². The van der Waals surface area contributed by atoms with Gasteiger partial charge in [-0.3, -0.25) is 9.78 Å². The van der Waals surface area contributed by atoms with E-state index >= 15 is 0 Å². The fourth-order valence-corrected chi connectivity index (χ4v) is 2.17. The quantitative estimate of drug-likeness (QED) is 0.649. The molecule has 0 saturated carbocycles. The molecule has 25 heavy (non-hydrogen) atoms. The van der Waals surface area contributed by atoms with Gasteiger partial charge in [-0.25, -0.2) is 0 Å². The molecule has 2 aromatic rings. The summed E-state index contributed by atoms with van der Waals surface area (Å²) < 4.78 is 10.8. The maximum absolute atomic E-state index is 12.0. The van der Waals surface area contributed by atoms with Crippen LogP contribution in [0.3, 0.4) is 0 Å². The molecular weight excluding hydrogens is 318 g/mol. The van der Waals surface area contributed by atoms with Crippen molar-refractivity contribution in [3.05, 3.63) is 48.3 Å². The molecule has 2 N–H and O–H groups in total. The van der Waals surface area contributed by atoms with Crippen molar-refractivity contribution >= 4 is 11.6 Å². The number of hydrogen-bond acceptors (Lipinski definition) is 5. The molecule has 0 aliphatic carbocycles. The van der Waals surface area contributed by atoms with E-state index in [1.165, 1.54) is 0 Å². The topological polar surface area (TPSA) is 72.5 Å². The SMILES string of the molecule is CCCCNC(=O)c1cc(NCCOc2ccc(OC)cc2)ccn1. The van der Waals surface area contributed by atoms with E-state index < -0.39 is 0 Å². The number of aromatic nitrogens is 1. The Hall–Kier alpha value is -2.76. The molecule has 0 atom stereocenters. The van der Waals surface area contributed by atoms with Crippen LogP contribution in [-0.2, 0) is 0 Å². The molecule has 2 rings (SSSR count). The Morgan fingerprint density at radius 3 is 2.60 bits per heavy atom. The average molecular weight is 343 g/mol. The second-order valence-corrected chi connectivity index (χ2v) is 5.49. The van der Waals surface area contributed by atoms with Crippen LogP contribution in [0.1, 0.15) is 30.3 Å². The van der Waals surface area contributed by atoms with Crippen molar-refractivity contribution in [3.63, 3.8) is 0 Å². The van der Waals surface area contributed by atoms with Crippen LogP contribution in [0.25, 0.3) is 0 Å². The van der Waals surface area contributed by atoms with E-state index in [9.17, 15) is 4.79 Å². The number of pyridine rings is 1. The van der Waals surface area contributed by atoms with Gasteiger partial charge in [-0.15, -0.1) is 0 Å². The maximum Gasteiger partial charge on any atom is 0.269 e. The molecule has 1 aromatic carbocycles. The van der Waals surface area contributed by atoms with E-state index in [0.717, 1.165) is 30.0 Å². The normalized spacial score (nSPS) is 10.2. The second-order valence-electron chi connectivity index (χ2n) is 5.49. The van der Waals surface area contributed by atoms with Crippen LogP contribution in [0.2, 0.25) is 0 Å². The fourth-order valence-electron chi connectivity index (χ4n) is 2.17. The minimum atomic E-state index is -0.147. The van der Waals surface area contributed by atoms with E-state index in [1.54, 1.807) is 19.4 Å². The number of hydrogen-bond donors (Lipinski definition) is 2. The Morgan fingerprint density at radius 1 is 1.12 bits per heavy atom. The molecule has 1 aromatic heterocycles. The van der Waals surface area contributed by atoms with Gasteiger partial charge in [0, 0.05) is 25.0 Å². The standard InChI is InChI=1S/C19H25N3O3/c1-3-4-10-22-19(23)18-14-15(9-11-21-18)20-12-13-25-17-7-5-16(24-2)6-8-17/h5-9,11,14H,3-4,10,12-13H2,1-2H3,(H,20,21)(H,22,23).